The number of rotatable bonds is 4. The van der Waals surface area contributed by atoms with Gasteiger partial charge >= 0.3 is 0 Å². The smallest absolute Gasteiger partial charge is 0.0533 e. The Morgan fingerprint density at radius 2 is 1.12 bits per heavy atom. The molecule has 0 aliphatic carbocycles. The van der Waals surface area contributed by atoms with Crippen molar-refractivity contribution in [1.82, 2.24) is 0 Å². The van der Waals surface area contributed by atoms with Crippen molar-refractivity contribution < 1.29 is 0 Å². The van der Waals surface area contributed by atoms with E-state index in [0.29, 0.717) is 0 Å². The van der Waals surface area contributed by atoms with Crippen LogP contribution in [0.3, 0.4) is 0 Å². The van der Waals surface area contributed by atoms with Crippen molar-refractivity contribution in [1.29, 1.82) is 0 Å². The molecule has 0 amide bonds. The molecule has 0 saturated heterocycles. The fourth-order valence-corrected chi connectivity index (χ4v) is 0.677. The molecule has 0 heterocycles. The molecule has 0 radical (unpaired) electrons. The van der Waals surface area contributed by atoms with Gasteiger partial charge in [-0.25, -0.2) is 0 Å². The summed E-state index contributed by atoms with van der Waals surface area (Å²) in [7, 11) is 0. The quantitative estimate of drug-likeness (QED) is 0.492. The molecule has 0 atom stereocenters. The summed E-state index contributed by atoms with van der Waals surface area (Å²) >= 11 is 0. The Bertz CT molecular complexity index is 19.2. The third-order valence-corrected chi connectivity index (χ3v) is 1.21. The van der Waals surface area contributed by atoms with Gasteiger partial charge in [0.15, 0.2) is 0 Å². The van der Waals surface area contributed by atoms with Crippen molar-refractivity contribution in [3.05, 3.63) is 0 Å². The van der Waals surface area contributed by atoms with Gasteiger partial charge in [-0.1, -0.05) is 53.4 Å². The summed E-state index contributed by atoms with van der Waals surface area (Å²) in [5.41, 5.74) is 0. The molecule has 0 aliphatic rings. The normalized spacial score (nSPS) is 8.25. The van der Waals surface area contributed by atoms with Crippen molar-refractivity contribution in [2.45, 2.75) is 53.4 Å². The highest BCUT2D eigenvalue weighted by molar-refractivity contribution is 4.35. The number of hydrogen-bond acceptors (Lipinski definition) is 0. The molecule has 52 valence electrons. The molecule has 0 saturated carbocycles. The largest absolute Gasteiger partial charge is 0.0776 e. The fourth-order valence-electron chi connectivity index (χ4n) is 0.677. The monoisotopic (exact) mass is 116 g/mol. The second-order valence-corrected chi connectivity index (χ2v) is 2.06. The van der Waals surface area contributed by atoms with E-state index in [1.165, 1.54) is 32.1 Å². The van der Waals surface area contributed by atoms with Crippen LogP contribution in [-0.4, -0.2) is 0 Å². The minimum Gasteiger partial charge on any atom is -0.0776 e. The molecule has 0 nitrogen and oxygen atoms in total. The van der Waals surface area contributed by atoms with E-state index in [2.05, 4.69) is 13.8 Å². The summed E-state index contributed by atoms with van der Waals surface area (Å²) in [6.07, 6.45) is 7.01. The molecule has 0 N–H and O–H groups in total. The lowest BCUT2D eigenvalue weighted by atomic mass is 10.2. The minimum absolute atomic E-state index is 0. The van der Waals surface area contributed by atoms with E-state index in [1.807, 2.05) is 0 Å². The number of hydrogen-bond donors (Lipinski definition) is 0. The van der Waals surface area contributed by atoms with Gasteiger partial charge in [0.2, 0.25) is 0 Å². The van der Waals surface area contributed by atoms with Crippen LogP contribution in [0.5, 0.6) is 0 Å². The van der Waals surface area contributed by atoms with Crippen molar-refractivity contribution >= 4 is 0 Å². The van der Waals surface area contributed by atoms with E-state index in [-0.39, 0.29) is 7.43 Å². The lowest BCUT2D eigenvalue weighted by Gasteiger charge is -1.90. The highest BCUT2D eigenvalue weighted by atomic mass is 13.9. The Kier molecular flexibility index (Phi) is 13.7. The third kappa shape index (κ3) is 9.38. The van der Waals surface area contributed by atoms with Crippen molar-refractivity contribution in [2.75, 3.05) is 0 Å². The zero-order valence-corrected chi connectivity index (χ0v) is 5.54. The molecule has 0 rings (SSSR count). The van der Waals surface area contributed by atoms with E-state index in [4.69, 9.17) is 0 Å². The van der Waals surface area contributed by atoms with Gasteiger partial charge in [-0.15, -0.1) is 0 Å². The van der Waals surface area contributed by atoms with Gasteiger partial charge in [-0.05, 0) is 0 Å². The molecule has 0 heteroatoms. The summed E-state index contributed by atoms with van der Waals surface area (Å²) in [4.78, 5) is 0. The summed E-state index contributed by atoms with van der Waals surface area (Å²) in [6.45, 7) is 4.49. The molecular weight excluding hydrogens is 96.1 g/mol. The maximum absolute atomic E-state index is 2.25. The highest BCUT2D eigenvalue weighted by Gasteiger charge is 1.80. The molecule has 8 heavy (non-hydrogen) atoms. The van der Waals surface area contributed by atoms with Gasteiger partial charge in [0, 0.05) is 0 Å². The van der Waals surface area contributed by atoms with Crippen molar-refractivity contribution in [2.24, 2.45) is 0 Å². The van der Waals surface area contributed by atoms with Crippen molar-refractivity contribution in [3.8, 4) is 0 Å². The van der Waals surface area contributed by atoms with E-state index in [0.717, 1.165) is 0 Å². The predicted octanol–water partition coefficient (Wildman–Crippen LogP) is 3.61. The van der Waals surface area contributed by atoms with Crippen LogP contribution < -0.4 is 0 Å². The van der Waals surface area contributed by atoms with E-state index < -0.39 is 0 Å². The first kappa shape index (κ1) is 10.9. The maximum Gasteiger partial charge on any atom is -0.0533 e. The van der Waals surface area contributed by atoms with Gasteiger partial charge in [0.1, 0.15) is 0 Å². The van der Waals surface area contributed by atoms with Gasteiger partial charge in [0.05, 0.1) is 0 Å². The van der Waals surface area contributed by atoms with Crippen LogP contribution in [0, 0.1) is 0 Å². The van der Waals surface area contributed by atoms with Crippen LogP contribution in [0.1, 0.15) is 53.4 Å². The van der Waals surface area contributed by atoms with Gasteiger partial charge in [-0.2, -0.15) is 0 Å². The van der Waals surface area contributed by atoms with Gasteiger partial charge in [0.25, 0.3) is 0 Å². The lowest BCUT2D eigenvalue weighted by molar-refractivity contribution is 0.656. The van der Waals surface area contributed by atoms with Gasteiger partial charge in [-0.3, -0.25) is 0 Å². The van der Waals surface area contributed by atoms with Crippen LogP contribution in [0.25, 0.3) is 0 Å². The Morgan fingerprint density at radius 1 is 0.750 bits per heavy atom. The molecule has 0 unspecified atom stereocenters. The second-order valence-electron chi connectivity index (χ2n) is 2.06. The van der Waals surface area contributed by atoms with Crippen molar-refractivity contribution in [3.63, 3.8) is 0 Å². The van der Waals surface area contributed by atoms with Crippen LogP contribution in [0.4, 0.5) is 0 Å². The Labute approximate surface area is 54.3 Å². The van der Waals surface area contributed by atoms with Gasteiger partial charge < -0.3 is 0 Å². The lowest BCUT2D eigenvalue weighted by Crippen LogP contribution is -1.70. The Morgan fingerprint density at radius 3 is 1.38 bits per heavy atom. The Hall–Kier alpha value is 0. The average Bonchev–Trinajstić information content (AvgIpc) is 1.69. The highest BCUT2D eigenvalue weighted by Crippen LogP contribution is 2.00. The topological polar surface area (TPSA) is 0 Å². The van der Waals surface area contributed by atoms with Crippen LogP contribution >= 0.6 is 0 Å². The SMILES string of the molecule is C.CCCCCCC. The molecule has 0 aromatic rings. The second kappa shape index (κ2) is 10.1. The average molecular weight is 116 g/mol. The zero-order valence-electron chi connectivity index (χ0n) is 5.54. The Balaban J connectivity index is 0. The standard InChI is InChI=1S/C7H16.CH4/c1-3-5-7-6-4-2;/h3-7H2,1-2H3;1H4. The molecule has 0 bridgehead atoms. The number of unbranched alkanes of at least 4 members (excludes halogenated alkanes) is 4. The van der Waals surface area contributed by atoms with E-state index in [9.17, 15) is 0 Å². The molecular formula is C8H20. The van der Waals surface area contributed by atoms with Crippen LogP contribution in [0.2, 0.25) is 0 Å². The van der Waals surface area contributed by atoms with E-state index >= 15 is 0 Å². The first-order valence-electron chi connectivity index (χ1n) is 3.41. The first-order valence-corrected chi connectivity index (χ1v) is 3.41. The third-order valence-electron chi connectivity index (χ3n) is 1.21. The first-order chi connectivity index (χ1) is 3.41. The summed E-state index contributed by atoms with van der Waals surface area (Å²) < 4.78 is 0. The molecule has 0 aromatic heterocycles. The minimum atomic E-state index is 0. The molecule has 0 aromatic carbocycles. The summed E-state index contributed by atoms with van der Waals surface area (Å²) in [6, 6.07) is 0. The van der Waals surface area contributed by atoms with Crippen LogP contribution in [0.15, 0.2) is 0 Å². The molecule has 0 aliphatic heterocycles. The summed E-state index contributed by atoms with van der Waals surface area (Å²) in [5, 5.41) is 0. The summed E-state index contributed by atoms with van der Waals surface area (Å²) in [5.74, 6) is 0. The maximum atomic E-state index is 2.25. The predicted molar refractivity (Wildman–Crippen MR) is 41.2 cm³/mol. The zero-order chi connectivity index (χ0) is 5.54. The molecule has 0 fully saturated rings. The van der Waals surface area contributed by atoms with Crippen LogP contribution in [-0.2, 0) is 0 Å². The molecule has 0 spiro atoms. The fraction of sp³-hybridized carbons (Fsp3) is 1.00. The van der Waals surface area contributed by atoms with E-state index in [1.54, 1.807) is 0 Å².